The molecule has 0 aromatic rings. The van der Waals surface area contributed by atoms with Gasteiger partial charge in [0.2, 0.25) is 5.92 Å². The molecule has 1 heterocycles. The molecule has 2 fully saturated rings. The van der Waals surface area contributed by atoms with E-state index in [4.69, 9.17) is 4.74 Å². The van der Waals surface area contributed by atoms with E-state index in [1.54, 1.807) is 7.11 Å². The first-order valence-electron chi connectivity index (χ1n) is 5.69. The third-order valence-electron chi connectivity index (χ3n) is 3.82. The number of hydrogen-bond acceptors (Lipinski definition) is 2. The predicted molar refractivity (Wildman–Crippen MR) is 54.1 cm³/mol. The van der Waals surface area contributed by atoms with E-state index >= 15 is 0 Å². The second-order valence-electron chi connectivity index (χ2n) is 4.99. The summed E-state index contributed by atoms with van der Waals surface area (Å²) in [6.45, 7) is 1.74. The van der Waals surface area contributed by atoms with Crippen molar-refractivity contribution in [1.82, 2.24) is 5.32 Å². The largest absolute Gasteiger partial charge is 0.376 e. The second-order valence-corrected chi connectivity index (χ2v) is 4.99. The summed E-state index contributed by atoms with van der Waals surface area (Å²) >= 11 is 0. The molecule has 0 aromatic heterocycles. The Morgan fingerprint density at radius 2 is 1.87 bits per heavy atom. The van der Waals surface area contributed by atoms with Gasteiger partial charge in [-0.1, -0.05) is 0 Å². The van der Waals surface area contributed by atoms with Gasteiger partial charge in [-0.15, -0.1) is 0 Å². The quantitative estimate of drug-likeness (QED) is 0.785. The van der Waals surface area contributed by atoms with Crippen LogP contribution in [-0.2, 0) is 4.74 Å². The third kappa shape index (κ3) is 2.48. The minimum atomic E-state index is -2.41. The summed E-state index contributed by atoms with van der Waals surface area (Å²) < 4.78 is 31.4. The van der Waals surface area contributed by atoms with Crippen molar-refractivity contribution >= 4 is 0 Å². The zero-order chi connectivity index (χ0) is 10.9. The number of hydrogen-bond donors (Lipinski definition) is 1. The van der Waals surface area contributed by atoms with Crippen molar-refractivity contribution in [2.75, 3.05) is 20.2 Å². The van der Waals surface area contributed by atoms with Crippen LogP contribution < -0.4 is 5.32 Å². The summed E-state index contributed by atoms with van der Waals surface area (Å²) in [4.78, 5) is 0. The smallest absolute Gasteiger partial charge is 0.248 e. The SMILES string of the molecule is COC1(CC2CCC(F)(F)CC2)CNC1. The fraction of sp³-hybridized carbons (Fsp3) is 1.00. The zero-order valence-electron chi connectivity index (χ0n) is 9.19. The van der Waals surface area contributed by atoms with Gasteiger partial charge in [-0.2, -0.15) is 0 Å². The highest BCUT2D eigenvalue weighted by Crippen LogP contribution is 2.40. The average molecular weight is 219 g/mol. The lowest BCUT2D eigenvalue weighted by Gasteiger charge is -2.44. The van der Waals surface area contributed by atoms with Gasteiger partial charge in [0.15, 0.2) is 0 Å². The van der Waals surface area contributed by atoms with Crippen LogP contribution in [0.2, 0.25) is 0 Å². The van der Waals surface area contributed by atoms with Crippen LogP contribution in [0.5, 0.6) is 0 Å². The van der Waals surface area contributed by atoms with Crippen LogP contribution in [0.3, 0.4) is 0 Å². The standard InChI is InChI=1S/C11H19F2NO/c1-15-10(7-14-8-10)6-9-2-4-11(12,13)5-3-9/h9,14H,2-8H2,1H3. The summed E-state index contributed by atoms with van der Waals surface area (Å²) in [7, 11) is 1.72. The molecule has 1 saturated heterocycles. The fourth-order valence-corrected chi connectivity index (χ4v) is 2.61. The highest BCUT2D eigenvalue weighted by atomic mass is 19.3. The lowest BCUT2D eigenvalue weighted by atomic mass is 9.77. The molecule has 1 aliphatic heterocycles. The van der Waals surface area contributed by atoms with Crippen molar-refractivity contribution in [3.63, 3.8) is 0 Å². The van der Waals surface area contributed by atoms with Gasteiger partial charge in [-0.05, 0) is 25.2 Å². The van der Waals surface area contributed by atoms with E-state index in [0.29, 0.717) is 18.8 Å². The minimum absolute atomic E-state index is 0.0582. The number of methoxy groups -OCH3 is 1. The lowest BCUT2D eigenvalue weighted by molar-refractivity contribution is -0.0893. The summed E-state index contributed by atoms with van der Waals surface area (Å²) in [6.07, 6.45) is 2.36. The number of rotatable bonds is 3. The minimum Gasteiger partial charge on any atom is -0.376 e. The molecule has 0 bridgehead atoms. The van der Waals surface area contributed by atoms with Crippen LogP contribution in [0.4, 0.5) is 8.78 Å². The average Bonchev–Trinajstić information content (AvgIpc) is 2.14. The van der Waals surface area contributed by atoms with Crippen molar-refractivity contribution < 1.29 is 13.5 Å². The van der Waals surface area contributed by atoms with Gasteiger partial charge in [-0.25, -0.2) is 8.78 Å². The van der Waals surface area contributed by atoms with Crippen LogP contribution in [0.1, 0.15) is 32.1 Å². The molecule has 0 amide bonds. The topological polar surface area (TPSA) is 21.3 Å². The fourth-order valence-electron chi connectivity index (χ4n) is 2.61. The molecule has 2 aliphatic rings. The maximum absolute atomic E-state index is 12.9. The molecule has 88 valence electrons. The van der Waals surface area contributed by atoms with Gasteiger partial charge in [-0.3, -0.25) is 0 Å². The Morgan fingerprint density at radius 1 is 1.27 bits per heavy atom. The normalized spacial score (nSPS) is 29.8. The van der Waals surface area contributed by atoms with E-state index in [9.17, 15) is 8.78 Å². The number of halogens is 2. The Hall–Kier alpha value is -0.220. The molecule has 1 N–H and O–H groups in total. The van der Waals surface area contributed by atoms with Crippen LogP contribution in [0.15, 0.2) is 0 Å². The first-order valence-corrected chi connectivity index (χ1v) is 5.69. The number of ether oxygens (including phenoxy) is 1. The van der Waals surface area contributed by atoms with Gasteiger partial charge < -0.3 is 10.1 Å². The highest BCUT2D eigenvalue weighted by Gasteiger charge is 2.42. The molecule has 15 heavy (non-hydrogen) atoms. The maximum atomic E-state index is 12.9. The van der Waals surface area contributed by atoms with Crippen LogP contribution >= 0.6 is 0 Å². The van der Waals surface area contributed by atoms with E-state index in [-0.39, 0.29) is 18.4 Å². The van der Waals surface area contributed by atoms with Gasteiger partial charge in [0.1, 0.15) is 0 Å². The number of alkyl halides is 2. The zero-order valence-corrected chi connectivity index (χ0v) is 9.19. The van der Waals surface area contributed by atoms with Crippen molar-refractivity contribution in [3.8, 4) is 0 Å². The van der Waals surface area contributed by atoms with Gasteiger partial charge in [0.25, 0.3) is 0 Å². The predicted octanol–water partition coefficient (Wildman–Crippen LogP) is 2.19. The van der Waals surface area contributed by atoms with E-state index in [1.807, 2.05) is 0 Å². The van der Waals surface area contributed by atoms with E-state index in [0.717, 1.165) is 19.5 Å². The molecule has 4 heteroatoms. The molecule has 0 spiro atoms. The molecule has 0 aromatic carbocycles. The van der Waals surface area contributed by atoms with Crippen molar-refractivity contribution in [2.24, 2.45) is 5.92 Å². The van der Waals surface area contributed by atoms with Crippen LogP contribution in [0, 0.1) is 5.92 Å². The summed E-state index contributed by atoms with van der Waals surface area (Å²) in [5, 5.41) is 3.19. The Balaban J connectivity index is 1.81. The molecule has 0 unspecified atom stereocenters. The highest BCUT2D eigenvalue weighted by molar-refractivity contribution is 4.96. The molecular weight excluding hydrogens is 200 g/mol. The lowest BCUT2D eigenvalue weighted by Crippen LogP contribution is -2.61. The summed E-state index contributed by atoms with van der Waals surface area (Å²) in [5.74, 6) is -1.99. The van der Waals surface area contributed by atoms with Crippen LogP contribution in [0.25, 0.3) is 0 Å². The van der Waals surface area contributed by atoms with Crippen molar-refractivity contribution in [1.29, 1.82) is 0 Å². The van der Waals surface area contributed by atoms with Crippen LogP contribution in [-0.4, -0.2) is 31.7 Å². The Morgan fingerprint density at radius 3 is 2.27 bits per heavy atom. The Kier molecular flexibility index (Phi) is 2.99. The third-order valence-corrected chi connectivity index (χ3v) is 3.82. The summed E-state index contributed by atoms with van der Waals surface area (Å²) in [5.41, 5.74) is -0.0582. The van der Waals surface area contributed by atoms with E-state index in [1.165, 1.54) is 0 Å². The second kappa shape index (κ2) is 3.98. The van der Waals surface area contributed by atoms with Crippen molar-refractivity contribution in [2.45, 2.75) is 43.6 Å². The Bertz CT molecular complexity index is 213. The first-order chi connectivity index (χ1) is 7.05. The van der Waals surface area contributed by atoms with E-state index in [2.05, 4.69) is 5.32 Å². The molecule has 2 rings (SSSR count). The molecule has 2 nitrogen and oxygen atoms in total. The van der Waals surface area contributed by atoms with Crippen molar-refractivity contribution in [3.05, 3.63) is 0 Å². The Labute approximate surface area is 89.4 Å². The summed E-state index contributed by atoms with van der Waals surface area (Å²) in [6, 6.07) is 0. The van der Waals surface area contributed by atoms with Gasteiger partial charge >= 0.3 is 0 Å². The maximum Gasteiger partial charge on any atom is 0.248 e. The molecule has 1 saturated carbocycles. The monoisotopic (exact) mass is 219 g/mol. The first kappa shape index (κ1) is 11.3. The molecule has 0 atom stereocenters. The molecular formula is C11H19F2NO. The van der Waals surface area contributed by atoms with Gasteiger partial charge in [0.05, 0.1) is 5.60 Å². The van der Waals surface area contributed by atoms with Gasteiger partial charge in [0, 0.05) is 33.0 Å². The molecule has 1 aliphatic carbocycles. The molecule has 0 radical (unpaired) electrons. The number of nitrogens with one attached hydrogen (secondary N) is 1. The van der Waals surface area contributed by atoms with E-state index < -0.39 is 5.92 Å².